The molecule has 0 bridgehead atoms. The Morgan fingerprint density at radius 1 is 1.00 bits per heavy atom. The molecule has 0 N–H and O–H groups in total. The van der Waals surface area contributed by atoms with Gasteiger partial charge in [-0.25, -0.2) is 8.78 Å². The lowest BCUT2D eigenvalue weighted by molar-refractivity contribution is 0.600. The summed E-state index contributed by atoms with van der Waals surface area (Å²) in [5.41, 5.74) is 0. The van der Waals surface area contributed by atoms with Crippen LogP contribution in [0.1, 0.15) is 0 Å². The SMILES string of the molecule is Fc1ccc(F)cc1.c1csnn1. The minimum absolute atomic E-state index is 0.411. The first kappa shape index (κ1) is 9.73. The second-order valence-corrected chi connectivity index (χ2v) is 2.67. The first-order chi connectivity index (χ1) is 6.29. The highest BCUT2D eigenvalue weighted by molar-refractivity contribution is 7.03. The van der Waals surface area contributed by atoms with E-state index in [1.165, 1.54) is 11.5 Å². The second-order valence-electron chi connectivity index (χ2n) is 2.02. The lowest BCUT2D eigenvalue weighted by Gasteiger charge is -1.83. The summed E-state index contributed by atoms with van der Waals surface area (Å²) in [6, 6.07) is 4.31. The largest absolute Gasteiger partial charge is 0.207 e. The molecule has 13 heavy (non-hydrogen) atoms. The molecule has 1 heterocycles. The molecule has 2 rings (SSSR count). The van der Waals surface area contributed by atoms with Gasteiger partial charge >= 0.3 is 0 Å². The summed E-state index contributed by atoms with van der Waals surface area (Å²) in [5, 5.41) is 5.31. The van der Waals surface area contributed by atoms with Gasteiger partial charge in [0.05, 0.1) is 6.20 Å². The third-order valence-corrected chi connectivity index (χ3v) is 1.52. The summed E-state index contributed by atoms with van der Waals surface area (Å²) in [6.07, 6.45) is 1.66. The number of halogens is 2. The normalized spacial score (nSPS) is 8.77. The van der Waals surface area contributed by atoms with E-state index in [1.807, 2.05) is 5.38 Å². The van der Waals surface area contributed by atoms with Crippen LogP contribution in [0, 0.1) is 11.6 Å². The average Bonchev–Trinajstić information content (AvgIpc) is 2.68. The van der Waals surface area contributed by atoms with E-state index in [9.17, 15) is 8.78 Å². The van der Waals surface area contributed by atoms with Gasteiger partial charge in [-0.15, -0.1) is 5.10 Å². The zero-order valence-electron chi connectivity index (χ0n) is 6.52. The molecule has 0 amide bonds. The van der Waals surface area contributed by atoms with Crippen molar-refractivity contribution in [2.45, 2.75) is 0 Å². The van der Waals surface area contributed by atoms with Gasteiger partial charge in [-0.1, -0.05) is 4.49 Å². The summed E-state index contributed by atoms with van der Waals surface area (Å²) in [4.78, 5) is 0. The van der Waals surface area contributed by atoms with Gasteiger partial charge in [0.1, 0.15) is 11.6 Å². The minimum atomic E-state index is -0.411. The summed E-state index contributed by atoms with van der Waals surface area (Å²) in [6.45, 7) is 0. The molecule has 0 atom stereocenters. The van der Waals surface area contributed by atoms with Crippen LogP contribution in [0.15, 0.2) is 35.8 Å². The molecule has 0 radical (unpaired) electrons. The predicted molar refractivity (Wildman–Crippen MR) is 46.3 cm³/mol. The predicted octanol–water partition coefficient (Wildman–Crippen LogP) is 2.50. The summed E-state index contributed by atoms with van der Waals surface area (Å²) >= 11 is 1.35. The van der Waals surface area contributed by atoms with Crippen LogP contribution in [-0.4, -0.2) is 9.59 Å². The van der Waals surface area contributed by atoms with E-state index in [0.717, 1.165) is 24.3 Å². The van der Waals surface area contributed by atoms with E-state index in [-0.39, 0.29) is 0 Å². The van der Waals surface area contributed by atoms with Crippen molar-refractivity contribution in [3.05, 3.63) is 47.5 Å². The average molecular weight is 200 g/mol. The van der Waals surface area contributed by atoms with Gasteiger partial charge in [0.25, 0.3) is 0 Å². The fourth-order valence-corrected chi connectivity index (χ4v) is 0.838. The third-order valence-electron chi connectivity index (χ3n) is 1.09. The van der Waals surface area contributed by atoms with Crippen LogP contribution in [0.4, 0.5) is 8.78 Å². The van der Waals surface area contributed by atoms with Crippen molar-refractivity contribution in [3.63, 3.8) is 0 Å². The van der Waals surface area contributed by atoms with Crippen molar-refractivity contribution < 1.29 is 8.78 Å². The molecule has 0 fully saturated rings. The maximum absolute atomic E-state index is 11.9. The lowest BCUT2D eigenvalue weighted by atomic mass is 10.3. The van der Waals surface area contributed by atoms with Crippen molar-refractivity contribution in [1.82, 2.24) is 9.59 Å². The molecule has 0 aliphatic heterocycles. The second kappa shape index (κ2) is 5.31. The van der Waals surface area contributed by atoms with Crippen molar-refractivity contribution in [2.75, 3.05) is 0 Å². The topological polar surface area (TPSA) is 25.8 Å². The number of hydrogen-bond acceptors (Lipinski definition) is 3. The van der Waals surface area contributed by atoms with Crippen LogP contribution in [0.2, 0.25) is 0 Å². The highest BCUT2D eigenvalue weighted by Crippen LogP contribution is 1.98. The summed E-state index contributed by atoms with van der Waals surface area (Å²) in [5.74, 6) is -0.821. The zero-order chi connectivity index (χ0) is 9.52. The van der Waals surface area contributed by atoms with E-state index < -0.39 is 11.6 Å². The molecule has 2 nitrogen and oxygen atoms in total. The molecule has 0 spiro atoms. The Balaban J connectivity index is 0.000000145. The van der Waals surface area contributed by atoms with Crippen LogP contribution in [0.3, 0.4) is 0 Å². The molecule has 5 heteroatoms. The van der Waals surface area contributed by atoms with E-state index in [4.69, 9.17) is 0 Å². The minimum Gasteiger partial charge on any atom is -0.207 e. The maximum Gasteiger partial charge on any atom is 0.123 e. The molecule has 0 saturated heterocycles. The highest BCUT2D eigenvalue weighted by atomic mass is 32.1. The zero-order valence-corrected chi connectivity index (χ0v) is 7.34. The van der Waals surface area contributed by atoms with Crippen LogP contribution in [0.5, 0.6) is 0 Å². The van der Waals surface area contributed by atoms with Crippen LogP contribution in [-0.2, 0) is 0 Å². The maximum atomic E-state index is 11.9. The van der Waals surface area contributed by atoms with E-state index in [2.05, 4.69) is 9.59 Å². The molecule has 1 aromatic heterocycles. The van der Waals surface area contributed by atoms with E-state index >= 15 is 0 Å². The Morgan fingerprint density at radius 2 is 1.54 bits per heavy atom. The fourth-order valence-electron chi connectivity index (χ4n) is 0.566. The van der Waals surface area contributed by atoms with Gasteiger partial charge < -0.3 is 0 Å². The first-order valence-electron chi connectivity index (χ1n) is 3.41. The summed E-state index contributed by atoms with van der Waals surface area (Å²) in [7, 11) is 0. The molecule has 68 valence electrons. The van der Waals surface area contributed by atoms with Gasteiger partial charge in [-0.3, -0.25) is 0 Å². The van der Waals surface area contributed by atoms with Crippen molar-refractivity contribution in [3.8, 4) is 0 Å². The fraction of sp³-hybridized carbons (Fsp3) is 0. The van der Waals surface area contributed by atoms with Crippen LogP contribution >= 0.6 is 11.5 Å². The summed E-state index contributed by atoms with van der Waals surface area (Å²) < 4.78 is 27.4. The van der Waals surface area contributed by atoms with Crippen LogP contribution in [0.25, 0.3) is 0 Å². The first-order valence-corrected chi connectivity index (χ1v) is 4.25. The highest BCUT2D eigenvalue weighted by Gasteiger charge is 1.86. The Hall–Kier alpha value is -1.36. The molecular weight excluding hydrogens is 194 g/mol. The quantitative estimate of drug-likeness (QED) is 0.653. The monoisotopic (exact) mass is 200 g/mol. The van der Waals surface area contributed by atoms with Gasteiger partial charge in [-0.2, -0.15) is 0 Å². The third kappa shape index (κ3) is 4.27. The Labute approximate surface area is 78.0 Å². The number of aromatic nitrogens is 2. The Morgan fingerprint density at radius 3 is 1.77 bits per heavy atom. The number of nitrogens with zero attached hydrogens (tertiary/aromatic N) is 2. The molecule has 2 aromatic rings. The van der Waals surface area contributed by atoms with Crippen molar-refractivity contribution in [2.24, 2.45) is 0 Å². The molecule has 1 aromatic carbocycles. The molecule has 0 aliphatic carbocycles. The molecule has 0 saturated carbocycles. The number of rotatable bonds is 0. The van der Waals surface area contributed by atoms with Crippen molar-refractivity contribution in [1.29, 1.82) is 0 Å². The lowest BCUT2D eigenvalue weighted by Crippen LogP contribution is -1.72. The Bertz CT molecular complexity index is 282. The van der Waals surface area contributed by atoms with Gasteiger partial charge in [-0.05, 0) is 35.8 Å². The van der Waals surface area contributed by atoms with Gasteiger partial charge in [0.2, 0.25) is 0 Å². The van der Waals surface area contributed by atoms with Gasteiger partial charge in [0.15, 0.2) is 0 Å². The molecule has 0 aliphatic rings. The standard InChI is InChI=1S/C6H4F2.C2H2N2S/c7-5-1-2-6(8)4-3-5;1-2-5-4-3-1/h1-4H;1-2H. The van der Waals surface area contributed by atoms with E-state index in [1.54, 1.807) is 6.20 Å². The van der Waals surface area contributed by atoms with E-state index in [0.29, 0.717) is 0 Å². The smallest absolute Gasteiger partial charge is 0.123 e. The van der Waals surface area contributed by atoms with Gasteiger partial charge in [0, 0.05) is 5.38 Å². The molecular formula is C8H6F2N2S. The molecule has 0 unspecified atom stereocenters. The number of benzene rings is 1. The van der Waals surface area contributed by atoms with Crippen LogP contribution < -0.4 is 0 Å². The number of hydrogen-bond donors (Lipinski definition) is 0. The Kier molecular flexibility index (Phi) is 3.98. The van der Waals surface area contributed by atoms with Crippen molar-refractivity contribution >= 4 is 11.5 Å².